The zero-order valence-electron chi connectivity index (χ0n) is 22.2. The summed E-state index contributed by atoms with van der Waals surface area (Å²) in [6.45, 7) is 3.33. The van der Waals surface area contributed by atoms with E-state index in [1.807, 2.05) is 44.2 Å². The highest BCUT2D eigenvalue weighted by molar-refractivity contribution is 7.92. The molecule has 0 aromatic heterocycles. The minimum atomic E-state index is -3.82. The minimum absolute atomic E-state index is 0.0212. The van der Waals surface area contributed by atoms with Gasteiger partial charge in [0.2, 0.25) is 21.8 Å². The molecule has 3 rings (SSSR count). The maximum atomic E-state index is 14.0. The highest BCUT2D eigenvalue weighted by Gasteiger charge is 2.33. The normalized spacial score (nSPS) is 12.8. The second-order valence-electron chi connectivity index (χ2n) is 9.39. The Balaban J connectivity index is 2.07. The van der Waals surface area contributed by atoms with Crippen LogP contribution >= 0.6 is 23.2 Å². The minimum Gasteiger partial charge on any atom is -0.352 e. The second-order valence-corrected chi connectivity index (χ2v) is 12.1. The van der Waals surface area contributed by atoms with Gasteiger partial charge in [0.1, 0.15) is 12.6 Å². The number of hydrogen-bond acceptors (Lipinski definition) is 4. The van der Waals surface area contributed by atoms with Crippen LogP contribution in [0, 0.1) is 0 Å². The van der Waals surface area contributed by atoms with Crippen molar-refractivity contribution >= 4 is 50.7 Å². The molecule has 0 radical (unpaired) electrons. The van der Waals surface area contributed by atoms with Crippen LogP contribution in [-0.2, 0) is 32.6 Å². The fourth-order valence-corrected chi connectivity index (χ4v) is 5.35. The van der Waals surface area contributed by atoms with Gasteiger partial charge in [0.15, 0.2) is 0 Å². The molecule has 2 atom stereocenters. The van der Waals surface area contributed by atoms with Gasteiger partial charge >= 0.3 is 0 Å². The lowest BCUT2D eigenvalue weighted by atomic mass is 10.0. The number of nitrogens with one attached hydrogen (secondary N) is 1. The van der Waals surface area contributed by atoms with Gasteiger partial charge in [-0.25, -0.2) is 8.42 Å². The molecule has 1 N–H and O–H groups in total. The van der Waals surface area contributed by atoms with Gasteiger partial charge in [-0.3, -0.25) is 13.9 Å². The van der Waals surface area contributed by atoms with E-state index in [9.17, 15) is 18.0 Å². The number of sulfonamides is 1. The highest BCUT2D eigenvalue weighted by atomic mass is 35.5. The summed E-state index contributed by atoms with van der Waals surface area (Å²) in [5.74, 6) is -0.882. The van der Waals surface area contributed by atoms with E-state index in [4.69, 9.17) is 23.2 Å². The lowest BCUT2D eigenvalue weighted by Gasteiger charge is -2.34. The van der Waals surface area contributed by atoms with Gasteiger partial charge in [-0.1, -0.05) is 84.7 Å². The zero-order valence-corrected chi connectivity index (χ0v) is 24.5. The van der Waals surface area contributed by atoms with Crippen LogP contribution in [0.5, 0.6) is 0 Å². The molecule has 3 aromatic rings. The number of anilines is 1. The molecular weight excluding hydrogens is 557 g/mol. The lowest BCUT2D eigenvalue weighted by Crippen LogP contribution is -2.54. The van der Waals surface area contributed by atoms with Crippen molar-refractivity contribution in [2.24, 2.45) is 0 Å². The molecule has 0 unspecified atom stereocenters. The molecule has 208 valence electrons. The Labute approximate surface area is 240 Å². The van der Waals surface area contributed by atoms with Crippen LogP contribution in [-0.4, -0.2) is 50.0 Å². The molecule has 0 aliphatic carbocycles. The number of carbonyl (C=O) groups excluding carboxylic acids is 2. The number of nitrogens with zero attached hydrogens (tertiary/aromatic N) is 2. The third kappa shape index (κ3) is 8.71. The van der Waals surface area contributed by atoms with Gasteiger partial charge in [0.05, 0.1) is 11.9 Å². The Hall–Kier alpha value is -3.07. The third-order valence-electron chi connectivity index (χ3n) is 6.35. The number of halogens is 2. The highest BCUT2D eigenvalue weighted by Crippen LogP contribution is 2.25. The molecule has 39 heavy (non-hydrogen) atoms. The summed E-state index contributed by atoms with van der Waals surface area (Å²) in [4.78, 5) is 29.1. The van der Waals surface area contributed by atoms with Crippen LogP contribution in [0.25, 0.3) is 0 Å². The fourth-order valence-electron chi connectivity index (χ4n) is 4.04. The van der Waals surface area contributed by atoms with Gasteiger partial charge in [-0.2, -0.15) is 0 Å². The molecule has 0 aliphatic rings. The molecule has 0 heterocycles. The summed E-state index contributed by atoms with van der Waals surface area (Å²) in [5.41, 5.74) is 1.78. The van der Waals surface area contributed by atoms with Crippen molar-refractivity contribution in [2.75, 3.05) is 17.1 Å². The Kier molecular flexibility index (Phi) is 10.8. The Morgan fingerprint density at radius 3 is 2.13 bits per heavy atom. The van der Waals surface area contributed by atoms with Crippen molar-refractivity contribution in [3.63, 3.8) is 0 Å². The summed E-state index contributed by atoms with van der Waals surface area (Å²) in [6.07, 6.45) is 1.98. The maximum Gasteiger partial charge on any atom is 0.244 e. The van der Waals surface area contributed by atoms with E-state index in [0.29, 0.717) is 27.7 Å². The molecular formula is C29H33Cl2N3O4S. The number of amides is 2. The summed E-state index contributed by atoms with van der Waals surface area (Å²) in [6, 6.07) is 21.6. The molecule has 3 aromatic carbocycles. The molecule has 0 bridgehead atoms. The number of hydrogen-bond donors (Lipinski definition) is 1. The van der Waals surface area contributed by atoms with E-state index in [0.717, 1.165) is 16.1 Å². The van der Waals surface area contributed by atoms with Crippen molar-refractivity contribution in [1.29, 1.82) is 0 Å². The predicted molar refractivity (Wildman–Crippen MR) is 157 cm³/mol. The number of para-hydroxylation sites is 1. The quantitative estimate of drug-likeness (QED) is 0.310. The lowest BCUT2D eigenvalue weighted by molar-refractivity contribution is -0.140. The first kappa shape index (κ1) is 30.5. The van der Waals surface area contributed by atoms with Crippen molar-refractivity contribution in [3.05, 3.63) is 100 Å². The SMILES string of the molecule is CC[C@H](C)NC(=O)[C@@H](Cc1ccccc1)N(Cc1ccc(Cl)cc1Cl)C(=O)CN(c1ccccc1)S(C)(=O)=O. The van der Waals surface area contributed by atoms with Crippen LogP contribution in [0.4, 0.5) is 5.69 Å². The van der Waals surface area contributed by atoms with Gasteiger partial charge < -0.3 is 10.2 Å². The van der Waals surface area contributed by atoms with E-state index in [2.05, 4.69) is 5.32 Å². The molecule has 10 heteroatoms. The molecule has 2 amide bonds. The van der Waals surface area contributed by atoms with Crippen LogP contribution in [0.15, 0.2) is 78.9 Å². The Morgan fingerprint density at radius 1 is 0.949 bits per heavy atom. The van der Waals surface area contributed by atoms with Crippen molar-refractivity contribution < 1.29 is 18.0 Å². The standard InChI is InChI=1S/C29H33Cl2N3O4S/c1-4-21(2)32-29(36)27(17-22-11-7-5-8-12-22)33(19-23-15-16-24(30)18-26(23)31)28(35)20-34(39(3,37)38)25-13-9-6-10-14-25/h5-16,18,21,27H,4,17,19-20H2,1-3H3,(H,32,36)/t21-,27+/m0/s1. The fraction of sp³-hybridized carbons (Fsp3) is 0.310. The maximum absolute atomic E-state index is 14.0. The first-order valence-corrected chi connectivity index (χ1v) is 15.2. The average molecular weight is 591 g/mol. The molecule has 0 spiro atoms. The van der Waals surface area contributed by atoms with E-state index in [1.54, 1.807) is 48.5 Å². The summed E-state index contributed by atoms with van der Waals surface area (Å²) in [7, 11) is -3.82. The van der Waals surface area contributed by atoms with Crippen LogP contribution < -0.4 is 9.62 Å². The topological polar surface area (TPSA) is 86.8 Å². The van der Waals surface area contributed by atoms with E-state index >= 15 is 0 Å². The number of rotatable bonds is 12. The van der Waals surface area contributed by atoms with Crippen molar-refractivity contribution in [3.8, 4) is 0 Å². The van der Waals surface area contributed by atoms with Gasteiger partial charge in [-0.15, -0.1) is 0 Å². The predicted octanol–water partition coefficient (Wildman–Crippen LogP) is 5.31. The first-order valence-electron chi connectivity index (χ1n) is 12.6. The molecule has 0 saturated carbocycles. The van der Waals surface area contributed by atoms with Crippen molar-refractivity contribution in [1.82, 2.24) is 10.2 Å². The average Bonchev–Trinajstić information content (AvgIpc) is 2.90. The Morgan fingerprint density at radius 2 is 1.56 bits per heavy atom. The van der Waals surface area contributed by atoms with E-state index in [1.165, 1.54) is 4.90 Å². The largest absolute Gasteiger partial charge is 0.352 e. The van der Waals surface area contributed by atoms with Crippen LogP contribution in [0.1, 0.15) is 31.4 Å². The summed E-state index contributed by atoms with van der Waals surface area (Å²) >= 11 is 12.6. The van der Waals surface area contributed by atoms with Crippen LogP contribution in [0.2, 0.25) is 10.0 Å². The smallest absolute Gasteiger partial charge is 0.244 e. The number of carbonyl (C=O) groups is 2. The third-order valence-corrected chi connectivity index (χ3v) is 8.08. The van der Waals surface area contributed by atoms with Gasteiger partial charge in [0, 0.05) is 29.1 Å². The van der Waals surface area contributed by atoms with Crippen molar-refractivity contribution in [2.45, 2.75) is 45.3 Å². The number of benzene rings is 3. The summed E-state index contributed by atoms with van der Waals surface area (Å²) < 4.78 is 26.6. The first-order chi connectivity index (χ1) is 18.5. The zero-order chi connectivity index (χ0) is 28.6. The van der Waals surface area contributed by atoms with E-state index in [-0.39, 0.29) is 24.9 Å². The van der Waals surface area contributed by atoms with E-state index < -0.39 is 28.5 Å². The summed E-state index contributed by atoms with van der Waals surface area (Å²) in [5, 5.41) is 3.76. The second kappa shape index (κ2) is 13.8. The monoisotopic (exact) mass is 589 g/mol. The van der Waals surface area contributed by atoms with Crippen LogP contribution in [0.3, 0.4) is 0 Å². The molecule has 7 nitrogen and oxygen atoms in total. The van der Waals surface area contributed by atoms with Gasteiger partial charge in [-0.05, 0) is 48.7 Å². The Bertz CT molecular complexity index is 1370. The van der Waals surface area contributed by atoms with Gasteiger partial charge in [0.25, 0.3) is 0 Å². The molecule has 0 aliphatic heterocycles. The molecule has 0 fully saturated rings. The molecule has 0 saturated heterocycles.